The molecule has 2 heterocycles. The van der Waals surface area contributed by atoms with E-state index < -0.39 is 0 Å². The summed E-state index contributed by atoms with van der Waals surface area (Å²) in [7, 11) is 3.77. The Morgan fingerprint density at radius 2 is 2.00 bits per heavy atom. The molecule has 138 valence electrons. The fourth-order valence-electron chi connectivity index (χ4n) is 3.62. The van der Waals surface area contributed by atoms with E-state index in [1.54, 1.807) is 7.11 Å². The number of hydrogen-bond acceptors (Lipinski definition) is 4. The standard InChI is InChI=1S/C20H24N4O.ClH/c1-23-9-8-22-20(23)19-13-21-7-10-24(19)14-15-3-4-17-12-18(25-2)6-5-16(17)11-15;/h3-6,8-9,11-12,19,21H,7,10,13-14H2,1-2H3;1H. The predicted molar refractivity (Wildman–Crippen MR) is 107 cm³/mol. The maximum atomic E-state index is 5.32. The van der Waals surface area contributed by atoms with Crippen LogP contribution in [0.5, 0.6) is 5.75 Å². The van der Waals surface area contributed by atoms with E-state index in [1.807, 2.05) is 18.5 Å². The van der Waals surface area contributed by atoms with Crippen molar-refractivity contribution in [3.63, 3.8) is 0 Å². The maximum absolute atomic E-state index is 5.32. The van der Waals surface area contributed by atoms with Crippen LogP contribution in [0.4, 0.5) is 0 Å². The third-order valence-electron chi connectivity index (χ3n) is 5.01. The van der Waals surface area contributed by atoms with Gasteiger partial charge in [0.05, 0.1) is 13.2 Å². The minimum atomic E-state index is 0. The molecule has 1 N–H and O–H groups in total. The number of imidazole rings is 1. The largest absolute Gasteiger partial charge is 0.497 e. The molecular weight excluding hydrogens is 348 g/mol. The Hall–Kier alpha value is -2.08. The van der Waals surface area contributed by atoms with Crippen molar-refractivity contribution in [3.8, 4) is 5.75 Å². The lowest BCUT2D eigenvalue weighted by molar-refractivity contribution is 0.145. The molecule has 0 bridgehead atoms. The first-order valence-electron chi connectivity index (χ1n) is 8.73. The van der Waals surface area contributed by atoms with Crippen molar-refractivity contribution in [1.82, 2.24) is 19.8 Å². The van der Waals surface area contributed by atoms with Crippen LogP contribution in [-0.4, -0.2) is 41.2 Å². The van der Waals surface area contributed by atoms with Crippen molar-refractivity contribution in [2.45, 2.75) is 12.6 Å². The van der Waals surface area contributed by atoms with Gasteiger partial charge in [0.2, 0.25) is 0 Å². The average Bonchev–Trinajstić information content (AvgIpc) is 3.07. The number of ether oxygens (including phenoxy) is 1. The number of benzene rings is 2. The Bertz CT molecular complexity index is 879. The molecule has 26 heavy (non-hydrogen) atoms. The Balaban J connectivity index is 0.00000196. The van der Waals surface area contributed by atoms with Gasteiger partial charge in [-0.05, 0) is 34.5 Å². The summed E-state index contributed by atoms with van der Waals surface area (Å²) in [4.78, 5) is 7.09. The average molecular weight is 373 g/mol. The van der Waals surface area contributed by atoms with Gasteiger partial charge in [-0.15, -0.1) is 12.4 Å². The second kappa shape index (κ2) is 8.08. The second-order valence-electron chi connectivity index (χ2n) is 6.63. The molecule has 1 atom stereocenters. The van der Waals surface area contributed by atoms with Crippen molar-refractivity contribution in [2.75, 3.05) is 26.7 Å². The van der Waals surface area contributed by atoms with Gasteiger partial charge in [0.25, 0.3) is 0 Å². The van der Waals surface area contributed by atoms with Crippen LogP contribution < -0.4 is 10.1 Å². The summed E-state index contributed by atoms with van der Waals surface area (Å²) in [6, 6.07) is 13.2. The molecule has 1 aromatic heterocycles. The summed E-state index contributed by atoms with van der Waals surface area (Å²) in [6.45, 7) is 3.92. The molecule has 1 aliphatic rings. The normalized spacial score (nSPS) is 17.8. The van der Waals surface area contributed by atoms with E-state index in [0.29, 0.717) is 6.04 Å². The zero-order valence-electron chi connectivity index (χ0n) is 15.2. The summed E-state index contributed by atoms with van der Waals surface area (Å²) >= 11 is 0. The third kappa shape index (κ3) is 3.70. The van der Waals surface area contributed by atoms with Gasteiger partial charge in [0.15, 0.2) is 0 Å². The molecule has 4 rings (SSSR count). The molecule has 1 aliphatic heterocycles. The van der Waals surface area contributed by atoms with Crippen molar-refractivity contribution in [3.05, 3.63) is 60.2 Å². The van der Waals surface area contributed by atoms with Gasteiger partial charge in [0, 0.05) is 45.6 Å². The van der Waals surface area contributed by atoms with Crippen LogP contribution in [0.25, 0.3) is 10.8 Å². The van der Waals surface area contributed by atoms with Crippen LogP contribution in [0.15, 0.2) is 48.8 Å². The van der Waals surface area contributed by atoms with E-state index in [0.717, 1.165) is 37.8 Å². The molecule has 1 fully saturated rings. The molecular formula is C20H25ClN4O. The van der Waals surface area contributed by atoms with Crippen LogP contribution in [0.3, 0.4) is 0 Å². The van der Waals surface area contributed by atoms with Gasteiger partial charge in [-0.3, -0.25) is 4.90 Å². The summed E-state index contributed by atoms with van der Waals surface area (Å²) in [5, 5.41) is 5.96. The quantitative estimate of drug-likeness (QED) is 0.764. The highest BCUT2D eigenvalue weighted by molar-refractivity contribution is 5.85. The first-order chi connectivity index (χ1) is 12.2. The molecule has 0 saturated carbocycles. The highest BCUT2D eigenvalue weighted by Gasteiger charge is 2.26. The smallest absolute Gasteiger partial charge is 0.127 e. The number of halogens is 1. The lowest BCUT2D eigenvalue weighted by Crippen LogP contribution is -2.46. The van der Waals surface area contributed by atoms with Crippen LogP contribution in [0, 0.1) is 0 Å². The monoisotopic (exact) mass is 372 g/mol. The van der Waals surface area contributed by atoms with Gasteiger partial charge in [-0.1, -0.05) is 18.2 Å². The maximum Gasteiger partial charge on any atom is 0.127 e. The number of piperazine rings is 1. The predicted octanol–water partition coefficient (Wildman–Crippen LogP) is 3.15. The van der Waals surface area contributed by atoms with E-state index >= 15 is 0 Å². The molecule has 0 aliphatic carbocycles. The molecule has 2 aromatic carbocycles. The van der Waals surface area contributed by atoms with E-state index in [-0.39, 0.29) is 12.4 Å². The van der Waals surface area contributed by atoms with Crippen LogP contribution in [-0.2, 0) is 13.6 Å². The highest BCUT2D eigenvalue weighted by Crippen LogP contribution is 2.26. The van der Waals surface area contributed by atoms with E-state index in [4.69, 9.17) is 4.74 Å². The lowest BCUT2D eigenvalue weighted by atomic mass is 10.0. The van der Waals surface area contributed by atoms with E-state index in [1.165, 1.54) is 16.3 Å². The Labute approximate surface area is 160 Å². The number of aromatic nitrogens is 2. The van der Waals surface area contributed by atoms with Crippen molar-refractivity contribution < 1.29 is 4.74 Å². The molecule has 0 spiro atoms. The van der Waals surface area contributed by atoms with E-state index in [9.17, 15) is 0 Å². The minimum Gasteiger partial charge on any atom is -0.497 e. The number of hydrogen-bond donors (Lipinski definition) is 1. The van der Waals surface area contributed by atoms with Crippen LogP contribution in [0.2, 0.25) is 0 Å². The topological polar surface area (TPSA) is 42.3 Å². The second-order valence-corrected chi connectivity index (χ2v) is 6.63. The Morgan fingerprint density at radius 3 is 2.77 bits per heavy atom. The number of nitrogens with zero attached hydrogens (tertiary/aromatic N) is 3. The minimum absolute atomic E-state index is 0. The lowest BCUT2D eigenvalue weighted by Gasteiger charge is -2.35. The first-order valence-corrected chi connectivity index (χ1v) is 8.73. The Kier molecular flexibility index (Phi) is 5.81. The Morgan fingerprint density at radius 1 is 1.19 bits per heavy atom. The van der Waals surface area contributed by atoms with Crippen molar-refractivity contribution in [2.24, 2.45) is 7.05 Å². The molecule has 0 radical (unpaired) electrons. The molecule has 1 saturated heterocycles. The summed E-state index contributed by atoms with van der Waals surface area (Å²) < 4.78 is 7.44. The molecule has 3 aromatic rings. The number of methoxy groups -OCH3 is 1. The summed E-state index contributed by atoms with van der Waals surface area (Å²) in [5.41, 5.74) is 1.33. The third-order valence-corrected chi connectivity index (χ3v) is 5.01. The van der Waals surface area contributed by atoms with Crippen LogP contribution in [0.1, 0.15) is 17.4 Å². The number of aryl methyl sites for hydroxylation is 1. The fraction of sp³-hybridized carbons (Fsp3) is 0.350. The summed E-state index contributed by atoms with van der Waals surface area (Å²) in [6.07, 6.45) is 3.90. The molecule has 6 heteroatoms. The van der Waals surface area contributed by atoms with Gasteiger partial charge >= 0.3 is 0 Å². The number of nitrogens with one attached hydrogen (secondary N) is 1. The number of rotatable bonds is 4. The zero-order chi connectivity index (χ0) is 17.2. The van der Waals surface area contributed by atoms with Gasteiger partial charge in [0.1, 0.15) is 11.6 Å². The fourth-order valence-corrected chi connectivity index (χ4v) is 3.62. The van der Waals surface area contributed by atoms with Crippen LogP contribution >= 0.6 is 12.4 Å². The van der Waals surface area contributed by atoms with Gasteiger partial charge < -0.3 is 14.6 Å². The van der Waals surface area contributed by atoms with Gasteiger partial charge in [-0.25, -0.2) is 4.98 Å². The SMILES string of the molecule is COc1ccc2cc(CN3CCNCC3c3nccn3C)ccc2c1.Cl. The van der Waals surface area contributed by atoms with Crippen molar-refractivity contribution >= 4 is 23.2 Å². The highest BCUT2D eigenvalue weighted by atomic mass is 35.5. The van der Waals surface area contributed by atoms with Crippen molar-refractivity contribution in [1.29, 1.82) is 0 Å². The molecule has 1 unspecified atom stereocenters. The number of fused-ring (bicyclic) bond motifs is 1. The van der Waals surface area contributed by atoms with E-state index in [2.05, 4.69) is 57.1 Å². The first kappa shape index (κ1) is 18.7. The summed E-state index contributed by atoms with van der Waals surface area (Å²) in [5.74, 6) is 2.02. The zero-order valence-corrected chi connectivity index (χ0v) is 16.0. The molecule has 5 nitrogen and oxygen atoms in total. The molecule has 0 amide bonds. The van der Waals surface area contributed by atoms with Gasteiger partial charge in [-0.2, -0.15) is 0 Å².